The van der Waals surface area contributed by atoms with Gasteiger partial charge in [0.25, 0.3) is 5.91 Å². The molecule has 1 unspecified atom stereocenters. The number of ether oxygens (including phenoxy) is 1. The molecule has 1 fully saturated rings. The van der Waals surface area contributed by atoms with E-state index in [9.17, 15) is 9.59 Å². The van der Waals surface area contributed by atoms with Gasteiger partial charge < -0.3 is 20.7 Å². The first-order chi connectivity index (χ1) is 10.1. The molecule has 0 spiro atoms. The van der Waals surface area contributed by atoms with Gasteiger partial charge in [-0.05, 0) is 18.2 Å². The highest BCUT2D eigenvalue weighted by Crippen LogP contribution is 2.21. The van der Waals surface area contributed by atoms with Gasteiger partial charge in [0.2, 0.25) is 5.91 Å². The monoisotopic (exact) mass is 347 g/mol. The van der Waals surface area contributed by atoms with Crippen LogP contribution in [0, 0.1) is 0 Å². The fraction of sp³-hybridized carbons (Fsp3) is 0.429. The van der Waals surface area contributed by atoms with Crippen molar-refractivity contribution in [2.45, 2.75) is 12.5 Å². The lowest BCUT2D eigenvalue weighted by atomic mass is 10.1. The molecular formula is C14H19Cl2N3O3. The third-order valence-electron chi connectivity index (χ3n) is 3.15. The highest BCUT2D eigenvalue weighted by Gasteiger charge is 2.17. The molecule has 2 rings (SSSR count). The van der Waals surface area contributed by atoms with E-state index in [1.807, 2.05) is 0 Å². The second kappa shape index (κ2) is 8.95. The molecule has 1 saturated heterocycles. The normalized spacial score (nSPS) is 17.3. The molecule has 122 valence electrons. The molecule has 22 heavy (non-hydrogen) atoms. The van der Waals surface area contributed by atoms with Crippen molar-refractivity contribution in [1.29, 1.82) is 0 Å². The van der Waals surface area contributed by atoms with Gasteiger partial charge in [-0.3, -0.25) is 9.59 Å². The molecule has 1 aromatic carbocycles. The fourth-order valence-electron chi connectivity index (χ4n) is 2.10. The van der Waals surface area contributed by atoms with E-state index < -0.39 is 0 Å². The Morgan fingerprint density at radius 2 is 2.23 bits per heavy atom. The van der Waals surface area contributed by atoms with E-state index in [2.05, 4.69) is 16.0 Å². The van der Waals surface area contributed by atoms with Crippen LogP contribution in [0.3, 0.4) is 0 Å². The zero-order valence-corrected chi connectivity index (χ0v) is 13.7. The molecule has 0 aliphatic carbocycles. The Labute approximate surface area is 140 Å². The van der Waals surface area contributed by atoms with Gasteiger partial charge in [0.15, 0.2) is 0 Å². The molecule has 0 bridgehead atoms. The summed E-state index contributed by atoms with van der Waals surface area (Å²) in [6.45, 7) is 1.96. The minimum Gasteiger partial charge on any atom is -0.378 e. The van der Waals surface area contributed by atoms with Gasteiger partial charge in [-0.15, -0.1) is 12.4 Å². The average Bonchev–Trinajstić information content (AvgIpc) is 2.47. The zero-order chi connectivity index (χ0) is 15.2. The van der Waals surface area contributed by atoms with Crippen LogP contribution in [-0.4, -0.2) is 44.7 Å². The van der Waals surface area contributed by atoms with Crippen molar-refractivity contribution in [2.24, 2.45) is 0 Å². The maximum Gasteiger partial charge on any atom is 0.252 e. The van der Waals surface area contributed by atoms with Gasteiger partial charge in [-0.2, -0.15) is 0 Å². The molecule has 8 heteroatoms. The SMILES string of the molecule is CNC(=O)c1ccc(NC(=O)CC2COCCN2)cc1Cl.Cl. The molecule has 2 amide bonds. The third kappa shape index (κ3) is 5.14. The van der Waals surface area contributed by atoms with Crippen molar-refractivity contribution in [3.63, 3.8) is 0 Å². The topological polar surface area (TPSA) is 79.5 Å². The second-order valence-electron chi connectivity index (χ2n) is 4.75. The number of anilines is 1. The molecule has 1 heterocycles. The van der Waals surface area contributed by atoms with E-state index in [1.54, 1.807) is 18.2 Å². The Balaban J connectivity index is 0.00000242. The summed E-state index contributed by atoms with van der Waals surface area (Å²) in [5.74, 6) is -0.386. The predicted molar refractivity (Wildman–Crippen MR) is 87.9 cm³/mol. The zero-order valence-electron chi connectivity index (χ0n) is 12.1. The van der Waals surface area contributed by atoms with Gasteiger partial charge in [0, 0.05) is 31.7 Å². The van der Waals surface area contributed by atoms with Crippen LogP contribution in [0.2, 0.25) is 5.02 Å². The number of amides is 2. The van der Waals surface area contributed by atoms with Crippen molar-refractivity contribution in [2.75, 3.05) is 32.1 Å². The number of hydrogen-bond acceptors (Lipinski definition) is 4. The van der Waals surface area contributed by atoms with Crippen molar-refractivity contribution in [1.82, 2.24) is 10.6 Å². The minimum absolute atomic E-state index is 0. The van der Waals surface area contributed by atoms with E-state index in [4.69, 9.17) is 16.3 Å². The molecule has 0 aromatic heterocycles. The maximum absolute atomic E-state index is 11.9. The summed E-state index contributed by atoms with van der Waals surface area (Å²) in [5, 5.41) is 8.78. The summed E-state index contributed by atoms with van der Waals surface area (Å²) in [7, 11) is 1.54. The Bertz CT molecular complexity index is 534. The van der Waals surface area contributed by atoms with Gasteiger partial charge in [-0.1, -0.05) is 11.6 Å². The molecule has 0 radical (unpaired) electrons. The lowest BCUT2D eigenvalue weighted by Crippen LogP contribution is -2.43. The molecule has 1 aliphatic rings. The van der Waals surface area contributed by atoms with E-state index >= 15 is 0 Å². The third-order valence-corrected chi connectivity index (χ3v) is 3.47. The number of carbonyl (C=O) groups is 2. The quantitative estimate of drug-likeness (QED) is 0.769. The van der Waals surface area contributed by atoms with Crippen LogP contribution in [0.1, 0.15) is 16.8 Å². The smallest absolute Gasteiger partial charge is 0.252 e. The van der Waals surface area contributed by atoms with Crippen molar-refractivity contribution >= 4 is 41.5 Å². The van der Waals surface area contributed by atoms with Gasteiger partial charge in [-0.25, -0.2) is 0 Å². The molecule has 0 saturated carbocycles. The van der Waals surface area contributed by atoms with Crippen LogP contribution in [0.4, 0.5) is 5.69 Å². The summed E-state index contributed by atoms with van der Waals surface area (Å²) in [4.78, 5) is 23.5. The van der Waals surface area contributed by atoms with Gasteiger partial charge >= 0.3 is 0 Å². The molecule has 3 N–H and O–H groups in total. The highest BCUT2D eigenvalue weighted by atomic mass is 35.5. The summed E-state index contributed by atoms with van der Waals surface area (Å²) < 4.78 is 5.30. The van der Waals surface area contributed by atoms with Crippen molar-refractivity contribution in [3.8, 4) is 0 Å². The number of nitrogens with one attached hydrogen (secondary N) is 3. The number of halogens is 2. The lowest BCUT2D eigenvalue weighted by Gasteiger charge is -2.23. The van der Waals surface area contributed by atoms with Crippen LogP contribution < -0.4 is 16.0 Å². The summed E-state index contributed by atoms with van der Waals surface area (Å²) >= 11 is 6.03. The summed E-state index contributed by atoms with van der Waals surface area (Å²) in [5.41, 5.74) is 0.939. The van der Waals surface area contributed by atoms with Crippen LogP contribution in [0.5, 0.6) is 0 Å². The minimum atomic E-state index is -0.263. The maximum atomic E-state index is 11.9. The average molecular weight is 348 g/mol. The Morgan fingerprint density at radius 1 is 1.45 bits per heavy atom. The van der Waals surface area contributed by atoms with Crippen molar-refractivity contribution in [3.05, 3.63) is 28.8 Å². The van der Waals surface area contributed by atoms with E-state index in [0.29, 0.717) is 35.9 Å². The van der Waals surface area contributed by atoms with Crippen LogP contribution in [0.25, 0.3) is 0 Å². The summed E-state index contributed by atoms with van der Waals surface area (Å²) in [6.07, 6.45) is 0.328. The lowest BCUT2D eigenvalue weighted by molar-refractivity contribution is -0.117. The van der Waals surface area contributed by atoms with Crippen molar-refractivity contribution < 1.29 is 14.3 Å². The molecule has 1 atom stereocenters. The van der Waals surface area contributed by atoms with Gasteiger partial charge in [0.1, 0.15) is 0 Å². The van der Waals surface area contributed by atoms with E-state index in [1.165, 1.54) is 7.05 Å². The Kier molecular flexibility index (Phi) is 7.61. The Hall–Kier alpha value is -1.34. The first kappa shape index (κ1) is 18.7. The van der Waals surface area contributed by atoms with E-state index in [-0.39, 0.29) is 30.3 Å². The molecular weight excluding hydrogens is 329 g/mol. The number of benzene rings is 1. The first-order valence-electron chi connectivity index (χ1n) is 6.72. The largest absolute Gasteiger partial charge is 0.378 e. The highest BCUT2D eigenvalue weighted by molar-refractivity contribution is 6.34. The molecule has 1 aromatic rings. The molecule has 1 aliphatic heterocycles. The Morgan fingerprint density at radius 3 is 2.82 bits per heavy atom. The number of carbonyl (C=O) groups excluding carboxylic acids is 2. The predicted octanol–water partition coefficient (Wildman–Crippen LogP) is 1.44. The molecule has 6 nitrogen and oxygen atoms in total. The first-order valence-corrected chi connectivity index (χ1v) is 7.10. The number of morpholine rings is 1. The van der Waals surface area contributed by atoms with E-state index in [0.717, 1.165) is 6.54 Å². The number of hydrogen-bond donors (Lipinski definition) is 3. The van der Waals surface area contributed by atoms with Crippen LogP contribution in [-0.2, 0) is 9.53 Å². The van der Waals surface area contributed by atoms with Gasteiger partial charge in [0.05, 0.1) is 23.8 Å². The second-order valence-corrected chi connectivity index (χ2v) is 5.16. The fourth-order valence-corrected chi connectivity index (χ4v) is 2.36. The standard InChI is InChI=1S/C14H18ClN3O3.ClH/c1-16-14(20)11-3-2-9(6-12(11)15)18-13(19)7-10-8-21-5-4-17-10;/h2-3,6,10,17H,4-5,7-8H2,1H3,(H,16,20)(H,18,19);1H. The van der Waals surface area contributed by atoms with Crippen LogP contribution in [0.15, 0.2) is 18.2 Å². The number of rotatable bonds is 4. The van der Waals surface area contributed by atoms with Crippen LogP contribution >= 0.6 is 24.0 Å². The summed E-state index contributed by atoms with van der Waals surface area (Å²) in [6, 6.07) is 4.83.